The Balaban J connectivity index is 2.11. The van der Waals surface area contributed by atoms with Gasteiger partial charge in [-0.1, -0.05) is 15.9 Å². The number of nitrogens with zero attached hydrogens (tertiary/aromatic N) is 1. The van der Waals surface area contributed by atoms with Crippen LogP contribution in [0.5, 0.6) is 0 Å². The Morgan fingerprint density at radius 2 is 2.29 bits per heavy atom. The molecule has 0 fully saturated rings. The van der Waals surface area contributed by atoms with Gasteiger partial charge in [0.25, 0.3) is 0 Å². The molecule has 0 amide bonds. The van der Waals surface area contributed by atoms with Crippen LogP contribution >= 0.6 is 15.9 Å². The standard InChI is InChI=1S/C14H15BrN2/c15-9-4-5-13-11(8-9)10-2-1-3-12-14(10)17(13)7-6-16-12/h4-5,8,12,16H,1-3,6-7H2/t12-/m0/s1. The number of fused-ring (bicyclic) bond motifs is 3. The predicted molar refractivity (Wildman–Crippen MR) is 73.3 cm³/mol. The lowest BCUT2D eigenvalue weighted by Crippen LogP contribution is -2.35. The molecule has 2 nitrogen and oxygen atoms in total. The second-order valence-corrected chi connectivity index (χ2v) is 5.99. The summed E-state index contributed by atoms with van der Waals surface area (Å²) in [6, 6.07) is 7.31. The van der Waals surface area contributed by atoms with Gasteiger partial charge in [-0.15, -0.1) is 0 Å². The van der Waals surface area contributed by atoms with Crippen LogP contribution in [0.3, 0.4) is 0 Å². The van der Waals surface area contributed by atoms with Gasteiger partial charge in [0, 0.05) is 40.2 Å². The smallest absolute Gasteiger partial charge is 0.0487 e. The summed E-state index contributed by atoms with van der Waals surface area (Å²) in [5.41, 5.74) is 4.58. The summed E-state index contributed by atoms with van der Waals surface area (Å²) in [6.07, 6.45) is 3.86. The molecule has 0 spiro atoms. The minimum absolute atomic E-state index is 0.596. The van der Waals surface area contributed by atoms with Crippen LogP contribution in [0.2, 0.25) is 0 Å². The molecule has 0 bridgehead atoms. The molecule has 1 aliphatic carbocycles. The van der Waals surface area contributed by atoms with E-state index in [0.717, 1.165) is 13.1 Å². The van der Waals surface area contributed by atoms with Gasteiger partial charge in [-0.05, 0) is 43.0 Å². The summed E-state index contributed by atoms with van der Waals surface area (Å²) in [6.45, 7) is 2.22. The van der Waals surface area contributed by atoms with Crippen LogP contribution in [0, 0.1) is 0 Å². The molecule has 3 heteroatoms. The lowest BCUT2D eigenvalue weighted by molar-refractivity contribution is 0.384. The Hall–Kier alpha value is -0.800. The maximum Gasteiger partial charge on any atom is 0.0487 e. The number of hydrogen-bond acceptors (Lipinski definition) is 1. The van der Waals surface area contributed by atoms with Crippen molar-refractivity contribution >= 4 is 26.8 Å². The van der Waals surface area contributed by atoms with E-state index in [-0.39, 0.29) is 0 Å². The summed E-state index contributed by atoms with van der Waals surface area (Å²) in [5.74, 6) is 0. The van der Waals surface area contributed by atoms with Crippen molar-refractivity contribution in [3.05, 3.63) is 33.9 Å². The van der Waals surface area contributed by atoms with Gasteiger partial charge in [-0.2, -0.15) is 0 Å². The van der Waals surface area contributed by atoms with Crippen molar-refractivity contribution in [2.45, 2.75) is 31.8 Å². The van der Waals surface area contributed by atoms with Gasteiger partial charge in [-0.25, -0.2) is 0 Å². The Kier molecular flexibility index (Phi) is 2.15. The minimum Gasteiger partial charge on any atom is -0.342 e. The maximum absolute atomic E-state index is 3.66. The van der Waals surface area contributed by atoms with E-state index in [1.54, 1.807) is 11.3 Å². The first-order valence-electron chi connectivity index (χ1n) is 6.38. The second kappa shape index (κ2) is 3.59. The van der Waals surface area contributed by atoms with Crippen LogP contribution in [0.25, 0.3) is 10.9 Å². The van der Waals surface area contributed by atoms with E-state index < -0.39 is 0 Å². The Morgan fingerprint density at radius 3 is 3.24 bits per heavy atom. The number of benzene rings is 1. The lowest BCUT2D eigenvalue weighted by atomic mass is 9.91. The van der Waals surface area contributed by atoms with Gasteiger partial charge >= 0.3 is 0 Å². The van der Waals surface area contributed by atoms with E-state index in [2.05, 4.69) is 44.0 Å². The zero-order valence-electron chi connectivity index (χ0n) is 9.67. The van der Waals surface area contributed by atoms with Crippen LogP contribution in [0.15, 0.2) is 22.7 Å². The van der Waals surface area contributed by atoms with Crippen molar-refractivity contribution < 1.29 is 0 Å². The third-order valence-electron chi connectivity index (χ3n) is 4.15. The van der Waals surface area contributed by atoms with Crippen LogP contribution in [-0.2, 0) is 13.0 Å². The van der Waals surface area contributed by atoms with Crippen LogP contribution in [0.4, 0.5) is 0 Å². The van der Waals surface area contributed by atoms with Crippen molar-refractivity contribution in [2.24, 2.45) is 0 Å². The van der Waals surface area contributed by atoms with E-state index in [4.69, 9.17) is 0 Å². The fourth-order valence-corrected chi connectivity index (χ4v) is 3.85. The highest BCUT2D eigenvalue weighted by Gasteiger charge is 2.29. The summed E-state index contributed by atoms with van der Waals surface area (Å²) in [4.78, 5) is 0. The number of aromatic nitrogens is 1. The van der Waals surface area contributed by atoms with Crippen LogP contribution < -0.4 is 5.32 Å². The Labute approximate surface area is 109 Å². The van der Waals surface area contributed by atoms with E-state index >= 15 is 0 Å². The number of halogens is 1. The van der Waals surface area contributed by atoms with Gasteiger partial charge in [0.1, 0.15) is 0 Å². The first-order chi connectivity index (χ1) is 8.34. The normalized spacial score (nSPS) is 22.8. The molecule has 0 saturated carbocycles. The first kappa shape index (κ1) is 10.2. The van der Waals surface area contributed by atoms with Crippen molar-refractivity contribution in [3.8, 4) is 0 Å². The summed E-state index contributed by atoms with van der Waals surface area (Å²) >= 11 is 3.60. The largest absolute Gasteiger partial charge is 0.342 e. The van der Waals surface area contributed by atoms with Crippen LogP contribution in [0.1, 0.15) is 30.1 Å². The van der Waals surface area contributed by atoms with Crippen molar-refractivity contribution in [2.75, 3.05) is 6.54 Å². The van der Waals surface area contributed by atoms with Crippen molar-refractivity contribution in [3.63, 3.8) is 0 Å². The van der Waals surface area contributed by atoms with Gasteiger partial charge in [0.05, 0.1) is 0 Å². The zero-order valence-corrected chi connectivity index (χ0v) is 11.3. The van der Waals surface area contributed by atoms with Gasteiger partial charge < -0.3 is 9.88 Å². The van der Waals surface area contributed by atoms with E-state index in [9.17, 15) is 0 Å². The highest BCUT2D eigenvalue weighted by molar-refractivity contribution is 9.10. The second-order valence-electron chi connectivity index (χ2n) is 5.08. The minimum atomic E-state index is 0.596. The molecular formula is C14H15BrN2. The van der Waals surface area contributed by atoms with E-state index in [1.165, 1.54) is 34.6 Å². The van der Waals surface area contributed by atoms with Gasteiger partial charge in [0.15, 0.2) is 0 Å². The lowest BCUT2D eigenvalue weighted by Gasteiger charge is -2.31. The molecule has 2 aliphatic rings. The van der Waals surface area contributed by atoms with Gasteiger partial charge in [0.2, 0.25) is 0 Å². The molecule has 2 aromatic rings. The number of rotatable bonds is 0. The average Bonchev–Trinajstić information content (AvgIpc) is 2.67. The summed E-state index contributed by atoms with van der Waals surface area (Å²) in [7, 11) is 0. The monoisotopic (exact) mass is 290 g/mol. The summed E-state index contributed by atoms with van der Waals surface area (Å²) in [5, 5.41) is 5.12. The Morgan fingerprint density at radius 1 is 1.35 bits per heavy atom. The molecule has 0 saturated heterocycles. The molecular weight excluding hydrogens is 276 g/mol. The topological polar surface area (TPSA) is 17.0 Å². The van der Waals surface area contributed by atoms with Crippen LogP contribution in [-0.4, -0.2) is 11.1 Å². The quantitative estimate of drug-likeness (QED) is 0.787. The predicted octanol–water partition coefficient (Wildman–Crippen LogP) is 3.38. The number of nitrogens with one attached hydrogen (secondary N) is 1. The molecule has 1 N–H and O–H groups in total. The Bertz CT molecular complexity index is 598. The molecule has 17 heavy (non-hydrogen) atoms. The molecule has 0 radical (unpaired) electrons. The maximum atomic E-state index is 3.66. The van der Waals surface area contributed by atoms with Gasteiger partial charge in [-0.3, -0.25) is 0 Å². The fourth-order valence-electron chi connectivity index (χ4n) is 3.49. The van der Waals surface area contributed by atoms with Crippen molar-refractivity contribution in [1.82, 2.24) is 9.88 Å². The zero-order chi connectivity index (χ0) is 11.4. The third-order valence-corrected chi connectivity index (χ3v) is 4.64. The third kappa shape index (κ3) is 1.36. The fraction of sp³-hybridized carbons (Fsp3) is 0.429. The average molecular weight is 291 g/mol. The molecule has 2 heterocycles. The first-order valence-corrected chi connectivity index (χ1v) is 7.18. The molecule has 1 atom stereocenters. The molecule has 88 valence electrons. The van der Waals surface area contributed by atoms with E-state index in [1.807, 2.05) is 0 Å². The molecule has 4 rings (SSSR count). The highest BCUT2D eigenvalue weighted by atomic mass is 79.9. The molecule has 0 unspecified atom stereocenters. The highest BCUT2D eigenvalue weighted by Crippen LogP contribution is 2.39. The molecule has 1 aliphatic heterocycles. The summed E-state index contributed by atoms with van der Waals surface area (Å²) < 4.78 is 3.73. The molecule has 1 aromatic heterocycles. The SMILES string of the molecule is Brc1ccc2c(c1)c1c3n2CCN[C@H]3CCC1. The number of aryl methyl sites for hydroxylation is 1. The number of hydrogen-bond donors (Lipinski definition) is 1. The van der Waals surface area contributed by atoms with Crippen molar-refractivity contribution in [1.29, 1.82) is 0 Å². The molecule has 1 aromatic carbocycles. The van der Waals surface area contributed by atoms with E-state index in [0.29, 0.717) is 6.04 Å².